The average Bonchev–Trinajstić information content (AvgIpc) is 1.93. The number of rotatable bonds is 1. The summed E-state index contributed by atoms with van der Waals surface area (Å²) < 4.78 is 0. The SMILES string of the molecule is C=C(N)/C=C1/C=CC=CC1=N. The van der Waals surface area contributed by atoms with Gasteiger partial charge in [-0.05, 0) is 12.2 Å². The van der Waals surface area contributed by atoms with Crippen LogP contribution in [-0.2, 0) is 0 Å². The Bertz CT molecular complexity index is 280. The van der Waals surface area contributed by atoms with Gasteiger partial charge in [0.05, 0.1) is 5.71 Å². The second-order valence-electron chi connectivity index (χ2n) is 2.31. The van der Waals surface area contributed by atoms with Crippen LogP contribution in [0.25, 0.3) is 0 Å². The van der Waals surface area contributed by atoms with Crippen LogP contribution in [0, 0.1) is 5.41 Å². The van der Waals surface area contributed by atoms with E-state index in [1.807, 2.05) is 18.2 Å². The van der Waals surface area contributed by atoms with E-state index in [2.05, 4.69) is 6.58 Å². The molecule has 0 aromatic rings. The highest BCUT2D eigenvalue weighted by Gasteiger charge is 1.99. The van der Waals surface area contributed by atoms with Gasteiger partial charge in [-0.2, -0.15) is 0 Å². The van der Waals surface area contributed by atoms with Gasteiger partial charge >= 0.3 is 0 Å². The minimum atomic E-state index is 0.471. The smallest absolute Gasteiger partial charge is 0.0612 e. The van der Waals surface area contributed by atoms with Crippen molar-refractivity contribution in [2.75, 3.05) is 0 Å². The van der Waals surface area contributed by atoms with Crippen molar-refractivity contribution in [2.24, 2.45) is 5.73 Å². The zero-order valence-corrected chi connectivity index (χ0v) is 6.17. The molecule has 0 bridgehead atoms. The Morgan fingerprint density at radius 1 is 1.45 bits per heavy atom. The number of hydrogen-bond donors (Lipinski definition) is 2. The van der Waals surface area contributed by atoms with E-state index < -0.39 is 0 Å². The summed E-state index contributed by atoms with van der Waals surface area (Å²) in [6, 6.07) is 0. The van der Waals surface area contributed by atoms with E-state index in [-0.39, 0.29) is 0 Å². The van der Waals surface area contributed by atoms with Gasteiger partial charge in [-0.15, -0.1) is 0 Å². The quantitative estimate of drug-likeness (QED) is 0.579. The molecule has 0 saturated heterocycles. The molecular weight excluding hydrogens is 136 g/mol. The highest BCUT2D eigenvalue weighted by Crippen LogP contribution is 2.07. The average molecular weight is 146 g/mol. The van der Waals surface area contributed by atoms with Crippen molar-refractivity contribution in [1.82, 2.24) is 0 Å². The second kappa shape index (κ2) is 3.01. The molecule has 0 aromatic heterocycles. The Balaban J connectivity index is 2.90. The first kappa shape index (κ1) is 7.54. The third-order valence-electron chi connectivity index (χ3n) is 1.30. The van der Waals surface area contributed by atoms with Gasteiger partial charge in [0.15, 0.2) is 0 Å². The molecular formula is C9H10N2. The van der Waals surface area contributed by atoms with Crippen LogP contribution in [-0.4, -0.2) is 5.71 Å². The van der Waals surface area contributed by atoms with Crippen molar-refractivity contribution >= 4 is 5.71 Å². The van der Waals surface area contributed by atoms with Gasteiger partial charge in [0.1, 0.15) is 0 Å². The summed E-state index contributed by atoms with van der Waals surface area (Å²) >= 11 is 0. The van der Waals surface area contributed by atoms with Crippen LogP contribution in [0.4, 0.5) is 0 Å². The Labute approximate surface area is 65.9 Å². The molecule has 2 nitrogen and oxygen atoms in total. The van der Waals surface area contributed by atoms with Crippen molar-refractivity contribution in [1.29, 1.82) is 5.41 Å². The lowest BCUT2D eigenvalue weighted by atomic mass is 10.1. The van der Waals surface area contributed by atoms with Gasteiger partial charge in [0.25, 0.3) is 0 Å². The maximum atomic E-state index is 7.44. The predicted octanol–water partition coefficient (Wildman–Crippen LogP) is 1.53. The summed E-state index contributed by atoms with van der Waals surface area (Å²) in [6.45, 7) is 3.53. The second-order valence-corrected chi connectivity index (χ2v) is 2.31. The van der Waals surface area contributed by atoms with E-state index >= 15 is 0 Å². The van der Waals surface area contributed by atoms with Crippen LogP contribution in [0.3, 0.4) is 0 Å². The van der Waals surface area contributed by atoms with Gasteiger partial charge < -0.3 is 11.1 Å². The van der Waals surface area contributed by atoms with Gasteiger partial charge in [-0.1, -0.05) is 24.8 Å². The lowest BCUT2D eigenvalue weighted by Crippen LogP contribution is -2.00. The van der Waals surface area contributed by atoms with Gasteiger partial charge in [0.2, 0.25) is 0 Å². The van der Waals surface area contributed by atoms with Crippen molar-refractivity contribution < 1.29 is 0 Å². The van der Waals surface area contributed by atoms with E-state index in [1.165, 1.54) is 0 Å². The first-order chi connectivity index (χ1) is 5.20. The molecule has 0 spiro atoms. The van der Waals surface area contributed by atoms with Crippen LogP contribution in [0.1, 0.15) is 0 Å². The summed E-state index contributed by atoms with van der Waals surface area (Å²) in [5.74, 6) is 0. The summed E-state index contributed by atoms with van der Waals surface area (Å²) in [6.07, 6.45) is 8.92. The maximum Gasteiger partial charge on any atom is 0.0612 e. The fraction of sp³-hybridized carbons (Fsp3) is 0. The number of nitrogens with one attached hydrogen (secondary N) is 1. The lowest BCUT2D eigenvalue weighted by Gasteiger charge is -2.02. The van der Waals surface area contributed by atoms with E-state index in [0.29, 0.717) is 11.4 Å². The molecule has 0 heterocycles. The fourth-order valence-electron chi connectivity index (χ4n) is 0.823. The van der Waals surface area contributed by atoms with Crippen molar-refractivity contribution in [3.8, 4) is 0 Å². The topological polar surface area (TPSA) is 49.9 Å². The normalized spacial score (nSPS) is 19.3. The molecule has 0 aliphatic heterocycles. The molecule has 1 aliphatic carbocycles. The van der Waals surface area contributed by atoms with E-state index in [1.54, 1.807) is 12.2 Å². The third kappa shape index (κ3) is 1.93. The first-order valence-electron chi connectivity index (χ1n) is 3.30. The Kier molecular flexibility index (Phi) is 2.06. The number of hydrogen-bond acceptors (Lipinski definition) is 2. The van der Waals surface area contributed by atoms with Gasteiger partial charge in [0, 0.05) is 11.3 Å². The molecule has 11 heavy (non-hydrogen) atoms. The van der Waals surface area contributed by atoms with Crippen LogP contribution in [0.2, 0.25) is 0 Å². The molecule has 0 amide bonds. The number of allylic oxidation sites excluding steroid dienone is 6. The van der Waals surface area contributed by atoms with E-state index in [9.17, 15) is 0 Å². The molecule has 0 radical (unpaired) electrons. The molecule has 0 unspecified atom stereocenters. The minimum Gasteiger partial charge on any atom is -0.399 e. The van der Waals surface area contributed by atoms with E-state index in [0.717, 1.165) is 5.57 Å². The number of nitrogens with two attached hydrogens (primary N) is 1. The molecule has 56 valence electrons. The van der Waals surface area contributed by atoms with Crippen LogP contribution in [0.15, 0.2) is 48.2 Å². The third-order valence-corrected chi connectivity index (χ3v) is 1.30. The van der Waals surface area contributed by atoms with Gasteiger partial charge in [-0.3, -0.25) is 0 Å². The summed E-state index contributed by atoms with van der Waals surface area (Å²) in [7, 11) is 0. The highest BCUT2D eigenvalue weighted by molar-refractivity contribution is 6.09. The van der Waals surface area contributed by atoms with Gasteiger partial charge in [-0.25, -0.2) is 0 Å². The molecule has 2 heteroatoms. The molecule has 1 aliphatic rings. The molecule has 0 saturated carbocycles. The fourth-order valence-corrected chi connectivity index (χ4v) is 0.823. The summed E-state index contributed by atoms with van der Waals surface area (Å²) in [5, 5.41) is 7.44. The summed E-state index contributed by atoms with van der Waals surface area (Å²) in [4.78, 5) is 0. The minimum absolute atomic E-state index is 0.471. The van der Waals surface area contributed by atoms with Crippen LogP contribution >= 0.6 is 0 Å². The van der Waals surface area contributed by atoms with E-state index in [4.69, 9.17) is 11.1 Å². The summed E-state index contributed by atoms with van der Waals surface area (Å²) in [5.41, 5.74) is 7.11. The lowest BCUT2D eigenvalue weighted by molar-refractivity contribution is 1.42. The highest BCUT2D eigenvalue weighted by atomic mass is 14.5. The molecule has 3 N–H and O–H groups in total. The molecule has 1 rings (SSSR count). The molecule has 0 fully saturated rings. The Morgan fingerprint density at radius 3 is 2.64 bits per heavy atom. The predicted molar refractivity (Wildman–Crippen MR) is 47.4 cm³/mol. The van der Waals surface area contributed by atoms with Crippen LogP contribution < -0.4 is 5.73 Å². The van der Waals surface area contributed by atoms with Crippen molar-refractivity contribution in [3.05, 3.63) is 48.2 Å². The van der Waals surface area contributed by atoms with Crippen LogP contribution in [0.5, 0.6) is 0 Å². The first-order valence-corrected chi connectivity index (χ1v) is 3.30. The maximum absolute atomic E-state index is 7.44. The monoisotopic (exact) mass is 146 g/mol. The Hall–Kier alpha value is -1.57. The largest absolute Gasteiger partial charge is 0.399 e. The molecule has 0 atom stereocenters. The zero-order chi connectivity index (χ0) is 8.27. The molecule has 0 aromatic carbocycles. The standard InChI is InChI=1S/C9H10N2/c1-7(10)6-8-4-2-3-5-9(8)11/h2-6,11H,1,10H2/b8-6-,11-9?. The van der Waals surface area contributed by atoms with Crippen molar-refractivity contribution in [3.63, 3.8) is 0 Å². The Morgan fingerprint density at radius 2 is 2.09 bits per heavy atom. The van der Waals surface area contributed by atoms with Crippen molar-refractivity contribution in [2.45, 2.75) is 0 Å². The zero-order valence-electron chi connectivity index (χ0n) is 6.17.